The fourth-order valence-corrected chi connectivity index (χ4v) is 3.39. The van der Waals surface area contributed by atoms with Crippen molar-refractivity contribution in [1.29, 1.82) is 0 Å². The number of phenols is 1. The monoisotopic (exact) mass is 375 g/mol. The van der Waals surface area contributed by atoms with Crippen LogP contribution in [-0.2, 0) is 13.0 Å². The molecular formula is C14H15BrClNO2S. The summed E-state index contributed by atoms with van der Waals surface area (Å²) in [5.41, 5.74) is 1.05. The van der Waals surface area contributed by atoms with Gasteiger partial charge in [-0.15, -0.1) is 11.3 Å². The van der Waals surface area contributed by atoms with Crippen LogP contribution < -0.4 is 10.1 Å². The Labute approximate surface area is 135 Å². The topological polar surface area (TPSA) is 41.5 Å². The van der Waals surface area contributed by atoms with Gasteiger partial charge in [0.05, 0.1) is 15.9 Å². The first-order valence-corrected chi connectivity index (χ1v) is 8.09. The molecule has 2 rings (SSSR count). The molecule has 1 aromatic heterocycles. The van der Waals surface area contributed by atoms with E-state index in [0.29, 0.717) is 16.8 Å². The molecule has 0 aliphatic heterocycles. The minimum atomic E-state index is 0.129. The highest BCUT2D eigenvalue weighted by atomic mass is 79.9. The van der Waals surface area contributed by atoms with Crippen LogP contribution in [0.2, 0.25) is 4.34 Å². The molecule has 1 heterocycles. The molecule has 0 bridgehead atoms. The molecule has 2 aromatic rings. The maximum absolute atomic E-state index is 9.74. The number of methoxy groups -OCH3 is 1. The van der Waals surface area contributed by atoms with Gasteiger partial charge in [-0.1, -0.05) is 11.6 Å². The standard InChI is InChI=1S/C14H15BrClNO2S/c1-19-12-7-9(6-11(15)14(12)18)8-17-5-4-10-2-3-13(16)20-10/h2-3,6-7,17-18H,4-5,8H2,1H3. The van der Waals surface area contributed by atoms with Gasteiger partial charge in [0, 0.05) is 18.0 Å². The molecule has 6 heteroatoms. The first-order chi connectivity index (χ1) is 9.60. The summed E-state index contributed by atoms with van der Waals surface area (Å²) in [6, 6.07) is 7.68. The van der Waals surface area contributed by atoms with Gasteiger partial charge in [0.1, 0.15) is 0 Å². The van der Waals surface area contributed by atoms with E-state index in [1.807, 2.05) is 18.2 Å². The number of benzene rings is 1. The van der Waals surface area contributed by atoms with Crippen molar-refractivity contribution < 1.29 is 9.84 Å². The lowest BCUT2D eigenvalue weighted by Crippen LogP contribution is -2.16. The lowest BCUT2D eigenvalue weighted by Gasteiger charge is -2.09. The van der Waals surface area contributed by atoms with Crippen LogP contribution in [0.15, 0.2) is 28.7 Å². The lowest BCUT2D eigenvalue weighted by atomic mass is 10.2. The third-order valence-electron chi connectivity index (χ3n) is 2.81. The molecule has 0 aliphatic rings. The van der Waals surface area contributed by atoms with E-state index >= 15 is 0 Å². The van der Waals surface area contributed by atoms with Crippen LogP contribution in [0.1, 0.15) is 10.4 Å². The van der Waals surface area contributed by atoms with Crippen LogP contribution in [-0.4, -0.2) is 18.8 Å². The van der Waals surface area contributed by atoms with Crippen molar-refractivity contribution in [1.82, 2.24) is 5.32 Å². The van der Waals surface area contributed by atoms with Crippen molar-refractivity contribution in [3.8, 4) is 11.5 Å². The normalized spacial score (nSPS) is 10.8. The molecule has 0 atom stereocenters. The summed E-state index contributed by atoms with van der Waals surface area (Å²) < 4.78 is 6.59. The van der Waals surface area contributed by atoms with Gasteiger partial charge in [0.15, 0.2) is 11.5 Å². The summed E-state index contributed by atoms with van der Waals surface area (Å²) in [6.45, 7) is 1.59. The number of hydrogen-bond acceptors (Lipinski definition) is 4. The molecule has 0 saturated heterocycles. The molecule has 0 radical (unpaired) electrons. The number of phenolic OH excluding ortho intramolecular Hbond substituents is 1. The average molecular weight is 377 g/mol. The zero-order valence-electron chi connectivity index (χ0n) is 11.0. The van der Waals surface area contributed by atoms with E-state index in [-0.39, 0.29) is 5.75 Å². The van der Waals surface area contributed by atoms with Crippen LogP contribution >= 0.6 is 38.9 Å². The highest BCUT2D eigenvalue weighted by Gasteiger charge is 2.08. The van der Waals surface area contributed by atoms with Gasteiger partial charge in [-0.2, -0.15) is 0 Å². The molecule has 0 spiro atoms. The van der Waals surface area contributed by atoms with Crippen LogP contribution in [0.4, 0.5) is 0 Å². The molecule has 0 saturated carbocycles. The molecule has 0 aliphatic carbocycles. The Morgan fingerprint density at radius 3 is 2.85 bits per heavy atom. The van der Waals surface area contributed by atoms with E-state index in [2.05, 4.69) is 27.3 Å². The molecule has 0 amide bonds. The van der Waals surface area contributed by atoms with Crippen molar-refractivity contribution in [2.24, 2.45) is 0 Å². The Morgan fingerprint density at radius 2 is 2.20 bits per heavy atom. The Hall–Kier alpha value is -0.750. The van der Waals surface area contributed by atoms with Crippen LogP contribution in [0, 0.1) is 0 Å². The van der Waals surface area contributed by atoms with Gasteiger partial charge in [0.2, 0.25) is 0 Å². The number of ether oxygens (including phenoxy) is 1. The highest BCUT2D eigenvalue weighted by Crippen LogP contribution is 2.35. The van der Waals surface area contributed by atoms with Gasteiger partial charge < -0.3 is 15.2 Å². The number of halogens is 2. The van der Waals surface area contributed by atoms with Crippen LogP contribution in [0.5, 0.6) is 11.5 Å². The first kappa shape index (κ1) is 15.6. The number of thiophene rings is 1. The summed E-state index contributed by atoms with van der Waals surface area (Å²) in [5, 5.41) is 13.1. The Morgan fingerprint density at radius 1 is 1.40 bits per heavy atom. The zero-order chi connectivity index (χ0) is 14.5. The quantitative estimate of drug-likeness (QED) is 0.742. The lowest BCUT2D eigenvalue weighted by molar-refractivity contribution is 0.371. The first-order valence-electron chi connectivity index (χ1n) is 6.10. The van der Waals surface area contributed by atoms with Crippen molar-refractivity contribution in [3.05, 3.63) is 43.5 Å². The molecule has 3 nitrogen and oxygen atoms in total. The van der Waals surface area contributed by atoms with Gasteiger partial charge >= 0.3 is 0 Å². The summed E-state index contributed by atoms with van der Waals surface area (Å²) in [4.78, 5) is 1.27. The van der Waals surface area contributed by atoms with Gasteiger partial charge in [0.25, 0.3) is 0 Å². The van der Waals surface area contributed by atoms with E-state index in [0.717, 1.165) is 22.9 Å². The summed E-state index contributed by atoms with van der Waals surface area (Å²) in [6.07, 6.45) is 0.952. The second-order valence-electron chi connectivity index (χ2n) is 4.26. The van der Waals surface area contributed by atoms with E-state index in [1.54, 1.807) is 18.4 Å². The number of hydrogen-bond donors (Lipinski definition) is 2. The third-order valence-corrected chi connectivity index (χ3v) is 4.71. The van der Waals surface area contributed by atoms with Crippen molar-refractivity contribution in [3.63, 3.8) is 0 Å². The second kappa shape index (κ2) is 7.31. The number of aromatic hydroxyl groups is 1. The van der Waals surface area contributed by atoms with Crippen molar-refractivity contribution >= 4 is 38.9 Å². The van der Waals surface area contributed by atoms with Crippen LogP contribution in [0.3, 0.4) is 0 Å². The van der Waals surface area contributed by atoms with Gasteiger partial charge in [-0.05, 0) is 52.2 Å². The fourth-order valence-electron chi connectivity index (χ4n) is 1.82. The zero-order valence-corrected chi connectivity index (χ0v) is 14.1. The van der Waals surface area contributed by atoms with E-state index in [4.69, 9.17) is 16.3 Å². The molecule has 1 aromatic carbocycles. The predicted molar refractivity (Wildman–Crippen MR) is 87.1 cm³/mol. The molecule has 108 valence electrons. The minimum Gasteiger partial charge on any atom is -0.503 e. The Bertz CT molecular complexity index is 589. The molecule has 2 N–H and O–H groups in total. The smallest absolute Gasteiger partial charge is 0.172 e. The summed E-state index contributed by atoms with van der Waals surface area (Å²) >= 11 is 10.8. The molecule has 20 heavy (non-hydrogen) atoms. The molecule has 0 unspecified atom stereocenters. The molecule has 0 fully saturated rings. The summed E-state index contributed by atoms with van der Waals surface area (Å²) in [5.74, 6) is 0.602. The highest BCUT2D eigenvalue weighted by molar-refractivity contribution is 9.10. The third kappa shape index (κ3) is 4.12. The second-order valence-corrected chi connectivity index (χ2v) is 6.92. The average Bonchev–Trinajstić information content (AvgIpc) is 2.84. The van der Waals surface area contributed by atoms with Crippen molar-refractivity contribution in [2.75, 3.05) is 13.7 Å². The predicted octanol–water partition coefficient (Wildman–Crippen LogP) is 4.21. The van der Waals surface area contributed by atoms with Crippen LogP contribution in [0.25, 0.3) is 0 Å². The van der Waals surface area contributed by atoms with Gasteiger partial charge in [-0.25, -0.2) is 0 Å². The maximum Gasteiger partial charge on any atom is 0.172 e. The van der Waals surface area contributed by atoms with E-state index < -0.39 is 0 Å². The molecular weight excluding hydrogens is 362 g/mol. The Kier molecular flexibility index (Phi) is 5.72. The van der Waals surface area contributed by atoms with E-state index in [1.165, 1.54) is 4.88 Å². The van der Waals surface area contributed by atoms with Crippen molar-refractivity contribution in [2.45, 2.75) is 13.0 Å². The largest absolute Gasteiger partial charge is 0.503 e. The number of rotatable bonds is 6. The fraction of sp³-hybridized carbons (Fsp3) is 0.286. The summed E-state index contributed by atoms with van der Waals surface area (Å²) in [7, 11) is 1.54. The van der Waals surface area contributed by atoms with Gasteiger partial charge in [-0.3, -0.25) is 0 Å². The Balaban J connectivity index is 1.86. The minimum absolute atomic E-state index is 0.129. The van der Waals surface area contributed by atoms with E-state index in [9.17, 15) is 5.11 Å². The SMILES string of the molecule is COc1cc(CNCCc2ccc(Cl)s2)cc(Br)c1O. The number of nitrogens with one attached hydrogen (secondary N) is 1. The maximum atomic E-state index is 9.74.